The third-order valence-electron chi connectivity index (χ3n) is 2.79. The van der Waals surface area contributed by atoms with Crippen molar-refractivity contribution in [2.24, 2.45) is 0 Å². The molecule has 0 amide bonds. The minimum atomic E-state index is -1.11. The predicted octanol–water partition coefficient (Wildman–Crippen LogP) is 3.93. The van der Waals surface area contributed by atoms with Crippen molar-refractivity contribution in [1.82, 2.24) is 0 Å². The van der Waals surface area contributed by atoms with Gasteiger partial charge < -0.3 is 10.2 Å². The molecule has 0 spiro atoms. The third kappa shape index (κ3) is 3.36. The maximum absolute atomic E-state index is 10.3. The van der Waals surface area contributed by atoms with E-state index in [4.69, 9.17) is 10.2 Å². The zero-order chi connectivity index (χ0) is 14.4. The first-order valence-electron chi connectivity index (χ1n) is 6.13. The van der Waals surface area contributed by atoms with Gasteiger partial charge in [0.1, 0.15) is 11.3 Å². The van der Waals surface area contributed by atoms with E-state index in [0.29, 0.717) is 0 Å². The number of carboxylic acid groups (broad SMARTS) is 1. The molecule has 0 radical (unpaired) electrons. The van der Waals surface area contributed by atoms with Crippen LogP contribution >= 0.6 is 0 Å². The number of benzene rings is 3. The number of carbonyl (C=O) groups is 1. The van der Waals surface area contributed by atoms with Crippen LogP contribution < -0.4 is 0 Å². The first-order chi connectivity index (χ1) is 9.68. The predicted molar refractivity (Wildman–Crippen MR) is 79.0 cm³/mol. The van der Waals surface area contributed by atoms with E-state index in [2.05, 4.69) is 48.5 Å². The van der Waals surface area contributed by atoms with Crippen LogP contribution in [0.2, 0.25) is 0 Å². The highest BCUT2D eigenvalue weighted by Crippen LogP contribution is 2.14. The summed E-state index contributed by atoms with van der Waals surface area (Å²) in [5.74, 6) is -1.31. The summed E-state index contributed by atoms with van der Waals surface area (Å²) in [5, 5.41) is 19.9. The first kappa shape index (κ1) is 13.6. The Morgan fingerprint density at radius 1 is 0.700 bits per heavy atom. The van der Waals surface area contributed by atoms with E-state index >= 15 is 0 Å². The molecule has 20 heavy (non-hydrogen) atoms. The largest absolute Gasteiger partial charge is 0.507 e. The Morgan fingerprint density at radius 2 is 1.10 bits per heavy atom. The molecule has 3 nitrogen and oxygen atoms in total. The van der Waals surface area contributed by atoms with E-state index < -0.39 is 5.97 Å². The number of phenols is 1. The van der Waals surface area contributed by atoms with E-state index in [-0.39, 0.29) is 11.3 Å². The number of aromatic carboxylic acids is 1. The number of para-hydroxylation sites is 1. The quantitative estimate of drug-likeness (QED) is 0.701. The van der Waals surface area contributed by atoms with Crippen LogP contribution in [-0.2, 0) is 0 Å². The standard InChI is InChI=1S/C10H8.C7H6O3/c1-2-6-10-8-4-3-7-9(10)5-1;8-6-4-2-1-3-5(6)7(9)10/h1-8H;1-4,8H,(H,9,10). The molecule has 0 fully saturated rings. The van der Waals surface area contributed by atoms with Crippen molar-refractivity contribution in [3.05, 3.63) is 78.4 Å². The second-order valence-electron chi connectivity index (χ2n) is 4.17. The highest BCUT2D eigenvalue weighted by molar-refractivity contribution is 5.90. The van der Waals surface area contributed by atoms with E-state index in [9.17, 15) is 4.79 Å². The lowest BCUT2D eigenvalue weighted by molar-refractivity contribution is 0.0694. The van der Waals surface area contributed by atoms with Crippen molar-refractivity contribution >= 4 is 16.7 Å². The molecule has 0 aromatic heterocycles. The maximum Gasteiger partial charge on any atom is 0.339 e. The zero-order valence-corrected chi connectivity index (χ0v) is 10.7. The summed E-state index contributed by atoms with van der Waals surface area (Å²) in [6, 6.07) is 22.5. The zero-order valence-electron chi connectivity index (χ0n) is 10.7. The van der Waals surface area contributed by atoms with Crippen molar-refractivity contribution < 1.29 is 15.0 Å². The van der Waals surface area contributed by atoms with Gasteiger partial charge in [0, 0.05) is 0 Å². The lowest BCUT2D eigenvalue weighted by atomic mass is 10.1. The summed E-state index contributed by atoms with van der Waals surface area (Å²) in [6.07, 6.45) is 0. The molecule has 100 valence electrons. The van der Waals surface area contributed by atoms with E-state index in [0.717, 1.165) is 0 Å². The van der Waals surface area contributed by atoms with Crippen LogP contribution in [0.4, 0.5) is 0 Å². The van der Waals surface area contributed by atoms with Crippen LogP contribution in [0.3, 0.4) is 0 Å². The number of carboxylic acids is 1. The fourth-order valence-electron chi connectivity index (χ4n) is 1.79. The topological polar surface area (TPSA) is 57.5 Å². The molecule has 0 saturated carbocycles. The van der Waals surface area contributed by atoms with Crippen LogP contribution in [0.1, 0.15) is 10.4 Å². The molecular weight excluding hydrogens is 252 g/mol. The van der Waals surface area contributed by atoms with E-state index in [1.54, 1.807) is 12.1 Å². The Balaban J connectivity index is 0.000000147. The number of aromatic hydroxyl groups is 1. The molecule has 0 heterocycles. The van der Waals surface area contributed by atoms with Crippen LogP contribution in [0.25, 0.3) is 10.8 Å². The minimum absolute atomic E-state index is 0.0671. The molecule has 3 aromatic carbocycles. The van der Waals surface area contributed by atoms with Gasteiger partial charge in [0.15, 0.2) is 0 Å². The maximum atomic E-state index is 10.3. The highest BCUT2D eigenvalue weighted by atomic mass is 16.4. The van der Waals surface area contributed by atoms with E-state index in [1.165, 1.54) is 22.9 Å². The fourth-order valence-corrected chi connectivity index (χ4v) is 1.79. The van der Waals surface area contributed by atoms with Gasteiger partial charge in [-0.1, -0.05) is 60.7 Å². The van der Waals surface area contributed by atoms with Gasteiger partial charge in [-0.25, -0.2) is 4.79 Å². The molecule has 0 aliphatic rings. The van der Waals surface area contributed by atoms with Crippen molar-refractivity contribution in [2.45, 2.75) is 0 Å². The lowest BCUT2D eigenvalue weighted by Crippen LogP contribution is -1.95. The lowest BCUT2D eigenvalue weighted by Gasteiger charge is -1.95. The number of hydrogen-bond donors (Lipinski definition) is 2. The molecule has 3 aromatic rings. The normalized spacial score (nSPS) is 9.60. The van der Waals surface area contributed by atoms with Crippen LogP contribution in [0, 0.1) is 0 Å². The molecule has 0 bridgehead atoms. The van der Waals surface area contributed by atoms with Crippen molar-refractivity contribution in [3.8, 4) is 5.75 Å². The van der Waals surface area contributed by atoms with Gasteiger partial charge in [0.2, 0.25) is 0 Å². The average molecular weight is 266 g/mol. The van der Waals surface area contributed by atoms with Gasteiger partial charge in [-0.05, 0) is 22.9 Å². The molecule has 2 N–H and O–H groups in total. The Bertz CT molecular complexity index is 655. The molecule has 0 saturated heterocycles. The van der Waals surface area contributed by atoms with Crippen molar-refractivity contribution in [3.63, 3.8) is 0 Å². The van der Waals surface area contributed by atoms with Crippen LogP contribution in [-0.4, -0.2) is 16.2 Å². The second kappa shape index (κ2) is 6.38. The molecule has 3 heteroatoms. The SMILES string of the molecule is O=C(O)c1ccccc1O.c1ccc2ccccc2c1. The Kier molecular flexibility index (Phi) is 4.35. The van der Waals surface area contributed by atoms with Crippen LogP contribution in [0.5, 0.6) is 5.75 Å². The summed E-state index contributed by atoms with van der Waals surface area (Å²) in [5.41, 5.74) is -0.0671. The fraction of sp³-hybridized carbons (Fsp3) is 0. The Morgan fingerprint density at radius 3 is 1.45 bits per heavy atom. The van der Waals surface area contributed by atoms with Gasteiger partial charge in [-0.3, -0.25) is 0 Å². The second-order valence-corrected chi connectivity index (χ2v) is 4.17. The molecule has 0 aliphatic carbocycles. The third-order valence-corrected chi connectivity index (χ3v) is 2.79. The van der Waals surface area contributed by atoms with Gasteiger partial charge in [-0.15, -0.1) is 0 Å². The molecule has 3 rings (SSSR count). The average Bonchev–Trinajstić information content (AvgIpc) is 2.48. The Hall–Kier alpha value is -2.81. The number of hydrogen-bond acceptors (Lipinski definition) is 2. The van der Waals surface area contributed by atoms with Gasteiger partial charge in [0.25, 0.3) is 0 Å². The van der Waals surface area contributed by atoms with Gasteiger partial charge in [0.05, 0.1) is 0 Å². The summed E-state index contributed by atoms with van der Waals surface area (Å²) in [7, 11) is 0. The number of fused-ring (bicyclic) bond motifs is 1. The first-order valence-corrected chi connectivity index (χ1v) is 6.13. The van der Waals surface area contributed by atoms with Crippen LogP contribution in [0.15, 0.2) is 72.8 Å². The Labute approximate surface area is 116 Å². The molecular formula is C17H14O3. The monoisotopic (exact) mass is 266 g/mol. The smallest absolute Gasteiger partial charge is 0.339 e. The van der Waals surface area contributed by atoms with Crippen molar-refractivity contribution in [1.29, 1.82) is 0 Å². The number of rotatable bonds is 1. The summed E-state index contributed by atoms with van der Waals surface area (Å²) in [6.45, 7) is 0. The summed E-state index contributed by atoms with van der Waals surface area (Å²) in [4.78, 5) is 10.3. The minimum Gasteiger partial charge on any atom is -0.507 e. The highest BCUT2D eigenvalue weighted by Gasteiger charge is 2.05. The molecule has 0 aliphatic heterocycles. The van der Waals surface area contributed by atoms with E-state index in [1.807, 2.05) is 0 Å². The summed E-state index contributed by atoms with van der Waals surface area (Å²) >= 11 is 0. The summed E-state index contributed by atoms with van der Waals surface area (Å²) < 4.78 is 0. The molecule has 0 unspecified atom stereocenters. The molecule has 0 atom stereocenters. The van der Waals surface area contributed by atoms with Gasteiger partial charge in [-0.2, -0.15) is 0 Å². The van der Waals surface area contributed by atoms with Crippen molar-refractivity contribution in [2.75, 3.05) is 0 Å². The van der Waals surface area contributed by atoms with Gasteiger partial charge >= 0.3 is 5.97 Å².